The van der Waals surface area contributed by atoms with E-state index in [0.717, 1.165) is 24.0 Å². The highest BCUT2D eigenvalue weighted by atomic mass is 35.5. The number of guanidine groups is 1. The number of nitrogens with one attached hydrogen (secondary N) is 2. The fourth-order valence-electron chi connectivity index (χ4n) is 2.54. The lowest BCUT2D eigenvalue weighted by atomic mass is 10.1. The number of benzene rings is 2. The number of nitrogens with zero attached hydrogens (tertiary/aromatic N) is 1. The fraction of sp³-hybridized carbons (Fsp3) is 0.316. The Morgan fingerprint density at radius 1 is 1.14 bits per heavy atom. The molecule has 2 aromatic carbocycles. The standard InChI is InChI=1S/C19H24Cl2N4O2S/c1-2-23-19(24-10-4-6-15-8-9-16(20)12-18(15)21)25-13-14-5-3-7-17(11-14)28(22,26)27/h3,5,7-9,11-12H,2,4,6,10,13H2,1H3,(H2,22,26,27)(H2,23,24,25). The van der Waals surface area contributed by atoms with Gasteiger partial charge in [-0.1, -0.05) is 41.4 Å². The van der Waals surface area contributed by atoms with Crippen molar-refractivity contribution in [3.8, 4) is 0 Å². The van der Waals surface area contributed by atoms with E-state index in [2.05, 4.69) is 15.6 Å². The first-order valence-corrected chi connectivity index (χ1v) is 11.2. The Hall–Kier alpha value is -1.80. The molecule has 0 spiro atoms. The molecule has 0 amide bonds. The number of rotatable bonds is 8. The molecule has 4 N–H and O–H groups in total. The lowest BCUT2D eigenvalue weighted by Crippen LogP contribution is -2.37. The lowest BCUT2D eigenvalue weighted by molar-refractivity contribution is 0.597. The Kier molecular flexibility index (Phi) is 8.57. The van der Waals surface area contributed by atoms with Gasteiger partial charge in [-0.25, -0.2) is 18.5 Å². The monoisotopic (exact) mass is 442 g/mol. The summed E-state index contributed by atoms with van der Waals surface area (Å²) >= 11 is 12.1. The maximum absolute atomic E-state index is 11.5. The van der Waals surface area contributed by atoms with Gasteiger partial charge < -0.3 is 10.6 Å². The van der Waals surface area contributed by atoms with Crippen LogP contribution >= 0.6 is 23.2 Å². The Labute approximate surface area is 176 Å². The molecule has 0 aromatic heterocycles. The molecule has 9 heteroatoms. The third-order valence-corrected chi connectivity index (χ3v) is 5.42. The van der Waals surface area contributed by atoms with Crippen LogP contribution in [0, 0.1) is 0 Å². The third-order valence-electron chi connectivity index (χ3n) is 3.92. The second-order valence-electron chi connectivity index (χ2n) is 6.15. The van der Waals surface area contributed by atoms with Gasteiger partial charge >= 0.3 is 0 Å². The Morgan fingerprint density at radius 2 is 1.93 bits per heavy atom. The van der Waals surface area contributed by atoms with Crippen LogP contribution in [0.25, 0.3) is 0 Å². The predicted octanol–water partition coefficient (Wildman–Crippen LogP) is 3.33. The van der Waals surface area contributed by atoms with Gasteiger partial charge in [-0.05, 0) is 55.2 Å². The highest BCUT2D eigenvalue weighted by Crippen LogP contribution is 2.21. The molecule has 0 atom stereocenters. The lowest BCUT2D eigenvalue weighted by Gasteiger charge is -2.12. The molecular formula is C19H24Cl2N4O2S. The highest BCUT2D eigenvalue weighted by Gasteiger charge is 2.08. The van der Waals surface area contributed by atoms with Crippen LogP contribution < -0.4 is 15.8 Å². The molecule has 0 unspecified atom stereocenters. The molecule has 0 bridgehead atoms. The number of nitrogens with two attached hydrogens (primary N) is 1. The van der Waals surface area contributed by atoms with Gasteiger partial charge in [-0.15, -0.1) is 0 Å². The molecule has 0 radical (unpaired) electrons. The Balaban J connectivity index is 1.91. The minimum Gasteiger partial charge on any atom is -0.357 e. The molecule has 28 heavy (non-hydrogen) atoms. The highest BCUT2D eigenvalue weighted by molar-refractivity contribution is 7.89. The van der Waals surface area contributed by atoms with Crippen molar-refractivity contribution in [3.63, 3.8) is 0 Å². The van der Waals surface area contributed by atoms with Crippen LogP contribution in [0.2, 0.25) is 10.0 Å². The minimum atomic E-state index is -3.72. The van der Waals surface area contributed by atoms with Crippen LogP contribution in [0.3, 0.4) is 0 Å². The van der Waals surface area contributed by atoms with E-state index in [1.54, 1.807) is 12.1 Å². The number of halogens is 2. The molecule has 0 aliphatic carbocycles. The first-order chi connectivity index (χ1) is 13.3. The summed E-state index contributed by atoms with van der Waals surface area (Å²) in [5.41, 5.74) is 1.81. The van der Waals surface area contributed by atoms with Crippen LogP contribution in [0.1, 0.15) is 24.5 Å². The van der Waals surface area contributed by atoms with E-state index in [1.807, 2.05) is 25.1 Å². The molecule has 0 saturated carbocycles. The molecule has 2 rings (SSSR count). The molecule has 2 aromatic rings. The molecule has 0 fully saturated rings. The molecule has 0 heterocycles. The van der Waals surface area contributed by atoms with Crippen LogP contribution in [0.4, 0.5) is 0 Å². The van der Waals surface area contributed by atoms with Gasteiger partial charge in [0, 0.05) is 23.1 Å². The molecular weight excluding hydrogens is 419 g/mol. The summed E-state index contributed by atoms with van der Waals surface area (Å²) in [4.78, 5) is 4.58. The number of aliphatic imine (C=N–C) groups is 1. The smallest absolute Gasteiger partial charge is 0.238 e. The van der Waals surface area contributed by atoms with Crippen molar-refractivity contribution >= 4 is 39.2 Å². The van der Waals surface area contributed by atoms with Crippen LogP contribution in [-0.2, 0) is 23.0 Å². The summed E-state index contributed by atoms with van der Waals surface area (Å²) in [6, 6.07) is 12.0. The van der Waals surface area contributed by atoms with Crippen molar-refractivity contribution in [1.29, 1.82) is 0 Å². The maximum atomic E-state index is 11.5. The predicted molar refractivity (Wildman–Crippen MR) is 115 cm³/mol. The van der Waals surface area contributed by atoms with E-state index < -0.39 is 10.0 Å². The molecule has 152 valence electrons. The quantitative estimate of drug-likeness (QED) is 0.331. The fourth-order valence-corrected chi connectivity index (χ4v) is 3.63. The van der Waals surface area contributed by atoms with Gasteiger partial charge in [0.25, 0.3) is 0 Å². The maximum Gasteiger partial charge on any atom is 0.238 e. The van der Waals surface area contributed by atoms with E-state index >= 15 is 0 Å². The third kappa shape index (κ3) is 7.31. The first kappa shape index (κ1) is 22.5. The summed E-state index contributed by atoms with van der Waals surface area (Å²) in [5, 5.41) is 12.9. The summed E-state index contributed by atoms with van der Waals surface area (Å²) < 4.78 is 22.9. The summed E-state index contributed by atoms with van der Waals surface area (Å²) in [7, 11) is -3.72. The van der Waals surface area contributed by atoms with Gasteiger partial charge in [0.15, 0.2) is 5.96 Å². The van der Waals surface area contributed by atoms with E-state index in [1.165, 1.54) is 12.1 Å². The number of hydrogen-bond donors (Lipinski definition) is 3. The van der Waals surface area contributed by atoms with Gasteiger partial charge in [0.2, 0.25) is 10.0 Å². The first-order valence-electron chi connectivity index (χ1n) is 8.87. The molecule has 6 nitrogen and oxygen atoms in total. The van der Waals surface area contributed by atoms with Gasteiger partial charge in [-0.2, -0.15) is 0 Å². The Bertz CT molecular complexity index is 933. The van der Waals surface area contributed by atoms with Crippen molar-refractivity contribution in [1.82, 2.24) is 10.6 Å². The van der Waals surface area contributed by atoms with Crippen LogP contribution in [-0.4, -0.2) is 27.5 Å². The Morgan fingerprint density at radius 3 is 2.61 bits per heavy atom. The number of aryl methyl sites for hydroxylation is 1. The van der Waals surface area contributed by atoms with Crippen molar-refractivity contribution < 1.29 is 8.42 Å². The zero-order valence-corrected chi connectivity index (χ0v) is 17.9. The normalized spacial score (nSPS) is 12.1. The van der Waals surface area contributed by atoms with E-state index in [-0.39, 0.29) is 4.90 Å². The minimum absolute atomic E-state index is 0.0815. The largest absolute Gasteiger partial charge is 0.357 e. The topological polar surface area (TPSA) is 96.6 Å². The van der Waals surface area contributed by atoms with Gasteiger partial charge in [0.1, 0.15) is 0 Å². The van der Waals surface area contributed by atoms with Crippen LogP contribution in [0.5, 0.6) is 0 Å². The van der Waals surface area contributed by atoms with E-state index in [9.17, 15) is 8.42 Å². The summed E-state index contributed by atoms with van der Waals surface area (Å²) in [6.45, 7) is 3.74. The van der Waals surface area contributed by atoms with Crippen molar-refractivity contribution in [2.45, 2.75) is 31.2 Å². The summed E-state index contributed by atoms with van der Waals surface area (Å²) in [5.74, 6) is 0.658. The van der Waals surface area contributed by atoms with Crippen LogP contribution in [0.15, 0.2) is 52.4 Å². The van der Waals surface area contributed by atoms with Crippen molar-refractivity contribution in [2.75, 3.05) is 13.1 Å². The average molecular weight is 443 g/mol. The molecule has 0 saturated heterocycles. The zero-order valence-electron chi connectivity index (χ0n) is 15.6. The second kappa shape index (κ2) is 10.7. The second-order valence-corrected chi connectivity index (χ2v) is 8.56. The van der Waals surface area contributed by atoms with Crippen molar-refractivity contribution in [2.24, 2.45) is 10.1 Å². The molecule has 0 aliphatic heterocycles. The number of hydrogen-bond acceptors (Lipinski definition) is 3. The average Bonchev–Trinajstić information content (AvgIpc) is 2.64. The van der Waals surface area contributed by atoms with Crippen molar-refractivity contribution in [3.05, 3.63) is 63.6 Å². The van der Waals surface area contributed by atoms with E-state index in [4.69, 9.17) is 28.3 Å². The van der Waals surface area contributed by atoms with Gasteiger partial charge in [-0.3, -0.25) is 0 Å². The zero-order chi connectivity index (χ0) is 20.6. The van der Waals surface area contributed by atoms with Gasteiger partial charge in [0.05, 0.1) is 11.4 Å². The molecule has 0 aliphatic rings. The summed E-state index contributed by atoms with van der Waals surface area (Å²) in [6.07, 6.45) is 1.69. The number of primary sulfonamides is 1. The number of sulfonamides is 1. The SMILES string of the molecule is CCNC(=NCc1cccc(S(N)(=O)=O)c1)NCCCc1ccc(Cl)cc1Cl. The van der Waals surface area contributed by atoms with E-state index in [0.29, 0.717) is 35.6 Å².